The van der Waals surface area contributed by atoms with Crippen LogP contribution in [0.3, 0.4) is 0 Å². The molecule has 8 atom stereocenters. The van der Waals surface area contributed by atoms with Gasteiger partial charge in [0.25, 0.3) is 0 Å². The Bertz CT molecular complexity index is 1210. The maximum absolute atomic E-state index is 12.4. The van der Waals surface area contributed by atoms with Crippen molar-refractivity contribution in [2.24, 2.45) is 0 Å². The van der Waals surface area contributed by atoms with E-state index in [1.807, 2.05) is 0 Å². The van der Waals surface area contributed by atoms with Crippen molar-refractivity contribution in [3.63, 3.8) is 0 Å². The zero-order chi connectivity index (χ0) is 29.9. The molecular weight excluding hydrogens is 552 g/mol. The van der Waals surface area contributed by atoms with Crippen LogP contribution in [0.2, 0.25) is 0 Å². The standard InChI is InChI=1S/C26H32O15/c1-35-16-7-12(3-5-14(16)27)23(33)38-10-26(34)11-39-25(22(26)32)37-9-18-19(29)20(30)21(31)24(41-18)40-13-4-6-15(28)17(8-13)36-2/h3-8,18-22,24-25,27-32,34H,9-11H2,1-2H3/t18-,19+,20-,21+,22-,24+,25-,26-/m0/s1. The Hall–Kier alpha value is -3.41. The number of rotatable bonds is 10. The van der Waals surface area contributed by atoms with E-state index in [0.717, 1.165) is 0 Å². The van der Waals surface area contributed by atoms with Crippen LogP contribution in [-0.4, -0.2) is 124 Å². The molecule has 15 nitrogen and oxygen atoms in total. The Morgan fingerprint density at radius 1 is 0.927 bits per heavy atom. The van der Waals surface area contributed by atoms with Gasteiger partial charge in [0.1, 0.15) is 42.9 Å². The predicted octanol–water partition coefficient (Wildman–Crippen LogP) is -1.38. The van der Waals surface area contributed by atoms with Gasteiger partial charge < -0.3 is 68.9 Å². The summed E-state index contributed by atoms with van der Waals surface area (Å²) in [4.78, 5) is 12.4. The number of methoxy groups -OCH3 is 2. The van der Waals surface area contributed by atoms with Gasteiger partial charge in [0.2, 0.25) is 6.29 Å². The number of benzene rings is 2. The number of carbonyl (C=O) groups excluding carboxylic acids is 1. The van der Waals surface area contributed by atoms with Crippen LogP contribution in [0.5, 0.6) is 28.7 Å². The summed E-state index contributed by atoms with van der Waals surface area (Å²) in [6.07, 6.45) is -10.9. The summed E-state index contributed by atoms with van der Waals surface area (Å²) < 4.78 is 37.0. The number of aliphatic hydroxyl groups is 5. The van der Waals surface area contributed by atoms with Crippen molar-refractivity contribution in [3.05, 3.63) is 42.0 Å². The molecule has 2 fully saturated rings. The lowest BCUT2D eigenvalue weighted by atomic mass is 9.99. The highest BCUT2D eigenvalue weighted by molar-refractivity contribution is 5.90. The second kappa shape index (κ2) is 12.6. The van der Waals surface area contributed by atoms with Crippen LogP contribution in [0.1, 0.15) is 10.4 Å². The molecule has 41 heavy (non-hydrogen) atoms. The Morgan fingerprint density at radius 3 is 2.27 bits per heavy atom. The lowest BCUT2D eigenvalue weighted by Crippen LogP contribution is -2.60. The molecule has 7 N–H and O–H groups in total. The molecule has 15 heteroatoms. The quantitative estimate of drug-likeness (QED) is 0.160. The normalized spacial score (nSPS) is 31.4. The van der Waals surface area contributed by atoms with E-state index in [1.165, 1.54) is 50.6 Å². The molecule has 2 aliphatic rings. The van der Waals surface area contributed by atoms with Crippen molar-refractivity contribution in [2.45, 2.75) is 48.7 Å². The first kappa shape index (κ1) is 30.5. The summed E-state index contributed by atoms with van der Waals surface area (Å²) in [7, 11) is 2.63. The summed E-state index contributed by atoms with van der Waals surface area (Å²) in [6, 6.07) is 7.73. The van der Waals surface area contributed by atoms with Gasteiger partial charge in [-0.3, -0.25) is 0 Å². The van der Waals surface area contributed by atoms with Gasteiger partial charge in [-0.1, -0.05) is 0 Å². The molecule has 2 heterocycles. The molecule has 2 aliphatic heterocycles. The molecule has 0 aliphatic carbocycles. The topological polar surface area (TPSA) is 223 Å². The molecule has 226 valence electrons. The molecule has 0 saturated carbocycles. The lowest BCUT2D eigenvalue weighted by molar-refractivity contribution is -0.289. The smallest absolute Gasteiger partial charge is 0.338 e. The van der Waals surface area contributed by atoms with E-state index in [1.54, 1.807) is 0 Å². The largest absolute Gasteiger partial charge is 0.504 e. The van der Waals surface area contributed by atoms with Crippen LogP contribution in [0, 0.1) is 0 Å². The molecule has 2 saturated heterocycles. The van der Waals surface area contributed by atoms with Crippen LogP contribution < -0.4 is 14.2 Å². The van der Waals surface area contributed by atoms with Crippen LogP contribution in [-0.2, 0) is 18.9 Å². The zero-order valence-electron chi connectivity index (χ0n) is 22.0. The number of hydrogen-bond acceptors (Lipinski definition) is 15. The number of ether oxygens (including phenoxy) is 7. The SMILES string of the molecule is COc1cc(O[C@@H]2O[C@@H](CO[C@H]3OC[C@@](O)(COC(=O)c4ccc(O)c(OC)c4)[C@H]3O)[C@@H](O)[C@H](O)[C@H]2O)ccc1O. The van der Waals surface area contributed by atoms with Crippen molar-refractivity contribution >= 4 is 5.97 Å². The molecule has 0 spiro atoms. The number of esters is 1. The number of aliphatic hydroxyl groups excluding tert-OH is 4. The first-order valence-electron chi connectivity index (χ1n) is 12.4. The fraction of sp³-hybridized carbons (Fsp3) is 0.500. The number of phenolic OH excluding ortho intramolecular Hbond substituents is 2. The van der Waals surface area contributed by atoms with E-state index in [9.17, 15) is 40.5 Å². The second-order valence-corrected chi connectivity index (χ2v) is 9.49. The Kier molecular flexibility index (Phi) is 9.41. The molecule has 2 aromatic carbocycles. The van der Waals surface area contributed by atoms with Gasteiger partial charge in [0.05, 0.1) is 33.0 Å². The first-order chi connectivity index (χ1) is 19.5. The van der Waals surface area contributed by atoms with Gasteiger partial charge in [0.15, 0.2) is 34.9 Å². The molecule has 0 radical (unpaired) electrons. The Labute approximate surface area is 233 Å². The fourth-order valence-electron chi connectivity index (χ4n) is 4.21. The average molecular weight is 585 g/mol. The lowest BCUT2D eigenvalue weighted by Gasteiger charge is -2.40. The first-order valence-corrected chi connectivity index (χ1v) is 12.4. The van der Waals surface area contributed by atoms with Gasteiger partial charge in [0, 0.05) is 6.07 Å². The van der Waals surface area contributed by atoms with Crippen LogP contribution in [0.4, 0.5) is 0 Å². The third-order valence-corrected chi connectivity index (χ3v) is 6.67. The molecule has 4 rings (SSSR count). The summed E-state index contributed by atoms with van der Waals surface area (Å²) >= 11 is 0. The molecule has 0 amide bonds. The van der Waals surface area contributed by atoms with Gasteiger partial charge >= 0.3 is 5.97 Å². The highest BCUT2D eigenvalue weighted by Crippen LogP contribution is 2.33. The van der Waals surface area contributed by atoms with Crippen molar-refractivity contribution in [2.75, 3.05) is 34.0 Å². The molecule has 2 aromatic rings. The summed E-state index contributed by atoms with van der Waals surface area (Å²) in [6.45, 7) is -1.63. The highest BCUT2D eigenvalue weighted by atomic mass is 16.7. The van der Waals surface area contributed by atoms with E-state index < -0.39 is 74.5 Å². The number of aromatic hydroxyl groups is 2. The van der Waals surface area contributed by atoms with E-state index in [-0.39, 0.29) is 34.3 Å². The summed E-state index contributed by atoms with van der Waals surface area (Å²) in [5, 5.41) is 71.9. The van der Waals surface area contributed by atoms with Gasteiger partial charge in [-0.15, -0.1) is 0 Å². The summed E-state index contributed by atoms with van der Waals surface area (Å²) in [5.74, 6) is -0.965. The van der Waals surface area contributed by atoms with Crippen molar-refractivity contribution in [1.29, 1.82) is 0 Å². The maximum atomic E-state index is 12.4. The van der Waals surface area contributed by atoms with Crippen LogP contribution >= 0.6 is 0 Å². The average Bonchev–Trinajstić information content (AvgIpc) is 3.25. The van der Waals surface area contributed by atoms with E-state index in [0.29, 0.717) is 0 Å². The van der Waals surface area contributed by atoms with Crippen molar-refractivity contribution in [1.82, 2.24) is 0 Å². The molecule has 0 unspecified atom stereocenters. The Morgan fingerprint density at radius 2 is 1.59 bits per heavy atom. The molecule has 0 bridgehead atoms. The third kappa shape index (κ3) is 6.58. The molecule has 0 aromatic heterocycles. The number of hydrogen-bond donors (Lipinski definition) is 7. The minimum absolute atomic E-state index is 0.0242. The number of phenols is 2. The van der Waals surface area contributed by atoms with Crippen LogP contribution in [0.25, 0.3) is 0 Å². The maximum Gasteiger partial charge on any atom is 0.338 e. The van der Waals surface area contributed by atoms with E-state index in [2.05, 4.69) is 0 Å². The monoisotopic (exact) mass is 584 g/mol. The van der Waals surface area contributed by atoms with E-state index in [4.69, 9.17) is 33.2 Å². The predicted molar refractivity (Wildman–Crippen MR) is 134 cm³/mol. The van der Waals surface area contributed by atoms with Gasteiger partial charge in [-0.2, -0.15) is 0 Å². The number of carbonyl (C=O) groups is 1. The van der Waals surface area contributed by atoms with Crippen molar-refractivity contribution < 1.29 is 73.7 Å². The minimum Gasteiger partial charge on any atom is -0.504 e. The fourth-order valence-corrected chi connectivity index (χ4v) is 4.21. The van der Waals surface area contributed by atoms with Crippen LogP contribution in [0.15, 0.2) is 36.4 Å². The third-order valence-electron chi connectivity index (χ3n) is 6.67. The second-order valence-electron chi connectivity index (χ2n) is 9.49. The molecular formula is C26H32O15. The minimum atomic E-state index is -2.05. The highest BCUT2D eigenvalue weighted by Gasteiger charge is 2.51. The van der Waals surface area contributed by atoms with E-state index >= 15 is 0 Å². The van der Waals surface area contributed by atoms with Gasteiger partial charge in [-0.25, -0.2) is 4.79 Å². The Balaban J connectivity index is 1.33. The summed E-state index contributed by atoms with van der Waals surface area (Å²) in [5.41, 5.74) is -2.02. The zero-order valence-corrected chi connectivity index (χ0v) is 22.0. The van der Waals surface area contributed by atoms with Gasteiger partial charge in [-0.05, 0) is 30.3 Å². The van der Waals surface area contributed by atoms with Crippen molar-refractivity contribution in [3.8, 4) is 28.7 Å².